The minimum Gasteiger partial charge on any atom is -0.481 e. The maximum atomic E-state index is 11.1. The molecule has 0 unspecified atom stereocenters. The van der Waals surface area contributed by atoms with Crippen LogP contribution in [-0.2, 0) is 9.63 Å². The number of rotatable bonds is 5. The highest BCUT2D eigenvalue weighted by molar-refractivity contribution is 7.99. The second-order valence-electron chi connectivity index (χ2n) is 8.27. The Bertz CT molecular complexity index is 463. The molecule has 0 spiro atoms. The molecule has 4 aliphatic rings. The highest BCUT2D eigenvalue weighted by atomic mass is 32.2. The first-order chi connectivity index (χ1) is 11.2. The molecule has 0 radical (unpaired) electrons. The van der Waals surface area contributed by atoms with Crippen LogP contribution in [-0.4, -0.2) is 21.4 Å². The SMILES string of the molecule is CC(C)(C)ON=O.O=NSC1(CC(=O)O)C2CC3CC(C2)CC1C3. The number of carboxylic acids is 1. The third-order valence-electron chi connectivity index (χ3n) is 5.47. The monoisotopic (exact) mass is 358 g/mol. The van der Waals surface area contributed by atoms with Gasteiger partial charge < -0.3 is 9.94 Å². The van der Waals surface area contributed by atoms with Crippen molar-refractivity contribution in [2.75, 3.05) is 0 Å². The smallest absolute Gasteiger partial charge is 0.304 e. The van der Waals surface area contributed by atoms with Crippen LogP contribution in [0.2, 0.25) is 0 Å². The van der Waals surface area contributed by atoms with Crippen molar-refractivity contribution in [2.24, 2.45) is 33.6 Å². The summed E-state index contributed by atoms with van der Waals surface area (Å²) in [6.07, 6.45) is 5.89. The minimum atomic E-state index is -0.784. The Morgan fingerprint density at radius 1 is 1.12 bits per heavy atom. The Morgan fingerprint density at radius 2 is 1.62 bits per heavy atom. The Labute approximate surface area is 146 Å². The van der Waals surface area contributed by atoms with Gasteiger partial charge in [-0.05, 0) is 76.5 Å². The van der Waals surface area contributed by atoms with Gasteiger partial charge in [0.15, 0.2) is 5.34 Å². The van der Waals surface area contributed by atoms with E-state index >= 15 is 0 Å². The van der Waals surface area contributed by atoms with E-state index < -0.39 is 11.6 Å². The van der Waals surface area contributed by atoms with Crippen molar-refractivity contribution in [3.05, 3.63) is 9.81 Å². The van der Waals surface area contributed by atoms with E-state index in [-0.39, 0.29) is 11.2 Å². The van der Waals surface area contributed by atoms with Crippen LogP contribution >= 0.6 is 11.9 Å². The van der Waals surface area contributed by atoms with E-state index in [2.05, 4.69) is 14.8 Å². The quantitative estimate of drug-likeness (QED) is 0.439. The Hall–Kier alpha value is -1.18. The summed E-state index contributed by atoms with van der Waals surface area (Å²) < 4.78 is 2.62. The lowest BCUT2D eigenvalue weighted by molar-refractivity contribution is -0.140. The molecule has 0 aliphatic heterocycles. The molecule has 4 aliphatic carbocycles. The number of nitrogens with zero attached hydrogens (tertiary/aromatic N) is 2. The van der Waals surface area contributed by atoms with E-state index in [1.54, 1.807) is 20.8 Å². The van der Waals surface area contributed by atoms with E-state index in [0.29, 0.717) is 11.8 Å². The second kappa shape index (κ2) is 7.37. The van der Waals surface area contributed by atoms with Gasteiger partial charge in [-0.3, -0.25) is 4.79 Å². The molecule has 0 atom stereocenters. The van der Waals surface area contributed by atoms with Crippen LogP contribution in [0, 0.1) is 33.5 Å². The highest BCUT2D eigenvalue weighted by Crippen LogP contribution is 2.64. The molecule has 0 aromatic heterocycles. The molecule has 1 N–H and O–H groups in total. The molecular formula is C16H26N2O5S. The fraction of sp³-hybridized carbons (Fsp3) is 0.938. The first-order valence-electron chi connectivity index (χ1n) is 8.43. The number of carbonyl (C=O) groups is 1. The van der Waals surface area contributed by atoms with Gasteiger partial charge in [-0.1, -0.05) is 0 Å². The molecule has 24 heavy (non-hydrogen) atoms. The van der Waals surface area contributed by atoms with Crippen molar-refractivity contribution >= 4 is 17.9 Å². The summed E-state index contributed by atoms with van der Waals surface area (Å²) in [5.41, 5.74) is -0.429. The molecule has 7 nitrogen and oxygen atoms in total. The van der Waals surface area contributed by atoms with Crippen LogP contribution in [0.5, 0.6) is 0 Å². The van der Waals surface area contributed by atoms with Crippen LogP contribution in [0.4, 0.5) is 0 Å². The molecule has 0 saturated heterocycles. The Morgan fingerprint density at radius 3 is 1.92 bits per heavy atom. The molecule has 0 heterocycles. The summed E-state index contributed by atoms with van der Waals surface area (Å²) in [7, 11) is 0. The third kappa shape index (κ3) is 4.26. The molecule has 0 amide bonds. The van der Waals surface area contributed by atoms with Crippen LogP contribution in [0.3, 0.4) is 0 Å². The van der Waals surface area contributed by atoms with Gasteiger partial charge in [-0.15, -0.1) is 9.81 Å². The van der Waals surface area contributed by atoms with Gasteiger partial charge in [-0.25, -0.2) is 0 Å². The zero-order valence-electron chi connectivity index (χ0n) is 14.4. The predicted molar refractivity (Wildman–Crippen MR) is 92.0 cm³/mol. The van der Waals surface area contributed by atoms with E-state index in [9.17, 15) is 14.6 Å². The van der Waals surface area contributed by atoms with Crippen molar-refractivity contribution in [1.82, 2.24) is 0 Å². The van der Waals surface area contributed by atoms with Crippen molar-refractivity contribution in [3.63, 3.8) is 0 Å². The van der Waals surface area contributed by atoms with Gasteiger partial charge in [-0.2, -0.15) is 0 Å². The molecule has 4 rings (SSSR count). The zero-order chi connectivity index (χ0) is 18.0. The molecule has 4 bridgehead atoms. The number of aliphatic carboxylic acids is 1. The van der Waals surface area contributed by atoms with Crippen molar-refractivity contribution in [1.29, 1.82) is 0 Å². The summed E-state index contributed by atoms with van der Waals surface area (Å²) >= 11 is 1.03. The van der Waals surface area contributed by atoms with Crippen molar-refractivity contribution in [3.8, 4) is 0 Å². The first kappa shape index (κ1) is 19.1. The Balaban J connectivity index is 0.000000256. The number of hydrogen-bond acceptors (Lipinski definition) is 7. The van der Waals surface area contributed by atoms with Crippen LogP contribution in [0.15, 0.2) is 9.92 Å². The molecule has 4 saturated carbocycles. The average Bonchev–Trinajstić information content (AvgIpc) is 2.43. The van der Waals surface area contributed by atoms with E-state index in [0.717, 1.165) is 49.5 Å². The van der Waals surface area contributed by atoms with Gasteiger partial charge >= 0.3 is 5.97 Å². The summed E-state index contributed by atoms with van der Waals surface area (Å²) in [5.74, 6) is 1.59. The van der Waals surface area contributed by atoms with Gasteiger partial charge in [0.25, 0.3) is 0 Å². The molecule has 0 aromatic rings. The van der Waals surface area contributed by atoms with Crippen LogP contribution in [0.25, 0.3) is 0 Å². The number of nitroso groups, excluding NO2 is 1. The van der Waals surface area contributed by atoms with Crippen molar-refractivity contribution in [2.45, 2.75) is 69.6 Å². The third-order valence-corrected chi connectivity index (χ3v) is 6.69. The average molecular weight is 358 g/mol. The van der Waals surface area contributed by atoms with Gasteiger partial charge in [0, 0.05) is 16.5 Å². The van der Waals surface area contributed by atoms with Gasteiger partial charge in [0.2, 0.25) is 0 Å². The lowest BCUT2D eigenvalue weighted by atomic mass is 9.51. The largest absolute Gasteiger partial charge is 0.481 e. The molecule has 8 heteroatoms. The standard InChI is InChI=1S/C12H17NO3S.C4H9NO2/c14-11(15)6-12(17-13-16)9-2-7-1-8(4-9)5-10(12)3-7;1-4(2,3)7-5-6/h7-10H,1-6H2,(H,14,15);1-3H3. The fourth-order valence-electron chi connectivity index (χ4n) is 4.87. The maximum absolute atomic E-state index is 11.1. The fourth-order valence-corrected chi connectivity index (χ4v) is 5.88. The van der Waals surface area contributed by atoms with Gasteiger partial charge in [0.1, 0.15) is 5.60 Å². The minimum absolute atomic E-state index is 0.109. The summed E-state index contributed by atoms with van der Waals surface area (Å²) in [6.45, 7) is 5.28. The van der Waals surface area contributed by atoms with Crippen LogP contribution in [0.1, 0.15) is 59.3 Å². The summed E-state index contributed by atoms with van der Waals surface area (Å²) in [6, 6.07) is 0. The van der Waals surface area contributed by atoms with Gasteiger partial charge in [0.05, 0.1) is 11.2 Å². The summed E-state index contributed by atoms with van der Waals surface area (Å²) in [5, 5.41) is 11.4. The molecular weight excluding hydrogens is 332 g/mol. The number of carboxylic acid groups (broad SMARTS) is 1. The lowest BCUT2D eigenvalue weighted by Gasteiger charge is -2.59. The zero-order valence-corrected chi connectivity index (χ0v) is 15.3. The maximum Gasteiger partial charge on any atom is 0.304 e. The molecule has 4 fully saturated rings. The highest BCUT2D eigenvalue weighted by Gasteiger charge is 2.59. The normalized spacial score (nSPS) is 36.5. The first-order valence-corrected chi connectivity index (χ1v) is 9.21. The summed E-state index contributed by atoms with van der Waals surface area (Å²) in [4.78, 5) is 35.5. The van der Waals surface area contributed by atoms with E-state index in [1.165, 1.54) is 6.42 Å². The van der Waals surface area contributed by atoms with E-state index in [4.69, 9.17) is 5.11 Å². The Kier molecular flexibility index (Phi) is 5.88. The molecule has 0 aromatic carbocycles. The second-order valence-corrected chi connectivity index (χ2v) is 9.37. The van der Waals surface area contributed by atoms with Crippen LogP contribution < -0.4 is 0 Å². The predicted octanol–water partition coefficient (Wildman–Crippen LogP) is 4.55. The topological polar surface area (TPSA) is 105 Å². The van der Waals surface area contributed by atoms with E-state index in [1.807, 2.05) is 0 Å². The number of hydrogen-bond donors (Lipinski definition) is 1. The van der Waals surface area contributed by atoms with Crippen molar-refractivity contribution < 1.29 is 14.7 Å². The molecule has 136 valence electrons. The lowest BCUT2D eigenvalue weighted by Crippen LogP contribution is -2.56.